The van der Waals surface area contributed by atoms with Crippen molar-refractivity contribution in [1.82, 2.24) is 19.7 Å². The van der Waals surface area contributed by atoms with Gasteiger partial charge in [-0.25, -0.2) is 4.98 Å². The van der Waals surface area contributed by atoms with Crippen LogP contribution in [-0.4, -0.2) is 19.7 Å². The summed E-state index contributed by atoms with van der Waals surface area (Å²) in [5, 5.41) is 6.02. The van der Waals surface area contributed by atoms with Gasteiger partial charge in [0.05, 0.1) is 29.0 Å². The summed E-state index contributed by atoms with van der Waals surface area (Å²) >= 11 is 0. The van der Waals surface area contributed by atoms with Gasteiger partial charge in [-0.3, -0.25) is 14.5 Å². The van der Waals surface area contributed by atoms with Crippen LogP contribution in [0.1, 0.15) is 11.1 Å². The van der Waals surface area contributed by atoms with E-state index < -0.39 is 22.7 Å². The highest BCUT2D eigenvalue weighted by Gasteiger charge is 2.33. The van der Waals surface area contributed by atoms with Crippen LogP contribution < -0.4 is 5.56 Å². The van der Waals surface area contributed by atoms with Crippen molar-refractivity contribution < 1.29 is 13.2 Å². The van der Waals surface area contributed by atoms with Crippen molar-refractivity contribution in [3.63, 3.8) is 0 Å². The second-order valence-electron chi connectivity index (χ2n) is 4.80. The number of hydrogen-bond donors (Lipinski definition) is 1. The van der Waals surface area contributed by atoms with Crippen molar-refractivity contribution in [2.24, 2.45) is 0 Å². The number of aryl methyl sites for hydroxylation is 2. The van der Waals surface area contributed by atoms with E-state index in [9.17, 15) is 18.0 Å². The molecule has 0 bridgehead atoms. The first kappa shape index (κ1) is 14.3. The minimum absolute atomic E-state index is 0.0411. The van der Waals surface area contributed by atoms with Gasteiger partial charge in [-0.15, -0.1) is 0 Å². The van der Waals surface area contributed by atoms with Crippen molar-refractivity contribution in [1.29, 1.82) is 0 Å². The fraction of sp³-hybridized carbons (Fsp3) is 0.214. The first-order chi connectivity index (χ1) is 10.5. The second kappa shape index (κ2) is 5.28. The summed E-state index contributed by atoms with van der Waals surface area (Å²) in [4.78, 5) is 16.3. The number of H-pyrrole nitrogens is 1. The fourth-order valence-electron chi connectivity index (χ4n) is 2.26. The molecule has 0 unspecified atom stereocenters. The van der Waals surface area contributed by atoms with Crippen LogP contribution in [0.5, 0.6) is 0 Å². The molecule has 22 heavy (non-hydrogen) atoms. The van der Waals surface area contributed by atoms with Gasteiger partial charge in [0.15, 0.2) is 0 Å². The van der Waals surface area contributed by atoms with Gasteiger partial charge < -0.3 is 0 Å². The molecule has 8 heteroatoms. The average molecular weight is 308 g/mol. The Hall–Kier alpha value is -2.64. The molecule has 2 heterocycles. The number of hydrogen-bond acceptors (Lipinski definition) is 3. The van der Waals surface area contributed by atoms with E-state index in [0.29, 0.717) is 6.42 Å². The molecular weight excluding hydrogens is 297 g/mol. The van der Waals surface area contributed by atoms with E-state index in [-0.39, 0.29) is 12.1 Å². The molecule has 0 radical (unpaired) electrons. The third-order valence-corrected chi connectivity index (χ3v) is 3.36. The summed E-state index contributed by atoms with van der Waals surface area (Å²) < 4.78 is 40.3. The third kappa shape index (κ3) is 2.59. The summed E-state index contributed by atoms with van der Waals surface area (Å²) in [5.74, 6) is 0. The summed E-state index contributed by atoms with van der Waals surface area (Å²) in [5.41, 5.74) is -0.753. The number of nitrogens with zero attached hydrogens (tertiary/aromatic N) is 3. The Morgan fingerprint density at radius 3 is 2.77 bits per heavy atom. The lowest BCUT2D eigenvalue weighted by molar-refractivity contribution is -0.136. The lowest BCUT2D eigenvalue weighted by Crippen LogP contribution is -2.24. The van der Waals surface area contributed by atoms with Crippen molar-refractivity contribution >= 4 is 10.9 Å². The zero-order chi connectivity index (χ0) is 15.7. The Morgan fingerprint density at radius 2 is 2.09 bits per heavy atom. The molecule has 0 aliphatic rings. The Balaban J connectivity index is 2.06. The molecule has 0 saturated heterocycles. The maximum atomic E-state index is 13.1. The molecule has 1 aromatic carbocycles. The van der Waals surface area contributed by atoms with Crippen LogP contribution in [0.2, 0.25) is 0 Å². The summed E-state index contributed by atoms with van der Waals surface area (Å²) in [6.45, 7) is 0.230. The summed E-state index contributed by atoms with van der Waals surface area (Å²) in [6, 6.07) is 3.53. The molecule has 3 aromatic rings. The number of aromatic nitrogens is 4. The van der Waals surface area contributed by atoms with E-state index in [1.165, 1.54) is 23.0 Å². The zero-order valence-electron chi connectivity index (χ0n) is 11.3. The molecule has 0 aliphatic heterocycles. The smallest absolute Gasteiger partial charge is 0.298 e. The van der Waals surface area contributed by atoms with Gasteiger partial charge in [-0.2, -0.15) is 18.3 Å². The highest BCUT2D eigenvalue weighted by atomic mass is 19.4. The second-order valence-corrected chi connectivity index (χ2v) is 4.80. The van der Waals surface area contributed by atoms with Crippen LogP contribution >= 0.6 is 0 Å². The largest absolute Gasteiger partial charge is 0.417 e. The van der Waals surface area contributed by atoms with E-state index in [0.717, 1.165) is 11.6 Å². The van der Waals surface area contributed by atoms with Crippen molar-refractivity contribution in [3.05, 3.63) is 58.4 Å². The van der Waals surface area contributed by atoms with Crippen molar-refractivity contribution in [2.75, 3.05) is 0 Å². The van der Waals surface area contributed by atoms with Gasteiger partial charge in [0.2, 0.25) is 0 Å². The van der Waals surface area contributed by atoms with Crippen LogP contribution in [0, 0.1) is 0 Å². The Bertz CT molecular complexity index is 853. The SMILES string of the molecule is O=c1c2c(C(F)(F)F)cccc2ncn1CCc1cn[nH]c1. The average Bonchev–Trinajstić information content (AvgIpc) is 2.98. The lowest BCUT2D eigenvalue weighted by Gasteiger charge is -2.11. The van der Waals surface area contributed by atoms with Crippen LogP contribution in [0.4, 0.5) is 13.2 Å². The number of fused-ring (bicyclic) bond motifs is 1. The molecule has 0 amide bonds. The standard InChI is InChI=1S/C14H11F3N4O/c15-14(16,17)10-2-1-3-11-12(10)13(22)21(8-18-11)5-4-9-6-19-20-7-9/h1-3,6-8H,4-5H2,(H,19,20). The molecule has 0 fully saturated rings. The highest BCUT2D eigenvalue weighted by molar-refractivity contribution is 5.81. The monoisotopic (exact) mass is 308 g/mol. The maximum absolute atomic E-state index is 13.1. The van der Waals surface area contributed by atoms with Gasteiger partial charge in [0.25, 0.3) is 5.56 Å². The zero-order valence-corrected chi connectivity index (χ0v) is 11.3. The Labute approximate surface area is 122 Å². The van der Waals surface area contributed by atoms with Gasteiger partial charge in [-0.05, 0) is 24.1 Å². The van der Waals surface area contributed by atoms with E-state index in [1.54, 1.807) is 12.4 Å². The van der Waals surface area contributed by atoms with Crippen LogP contribution in [0.25, 0.3) is 10.9 Å². The minimum Gasteiger partial charge on any atom is -0.298 e. The molecule has 2 aromatic heterocycles. The number of aromatic amines is 1. The molecule has 1 N–H and O–H groups in total. The normalized spacial score (nSPS) is 12.0. The third-order valence-electron chi connectivity index (χ3n) is 3.36. The molecule has 114 valence electrons. The van der Waals surface area contributed by atoms with Gasteiger partial charge in [0.1, 0.15) is 0 Å². The number of benzene rings is 1. The van der Waals surface area contributed by atoms with Crippen LogP contribution in [0.15, 0.2) is 41.7 Å². The molecular formula is C14H11F3N4O. The molecule has 0 saturated carbocycles. The van der Waals surface area contributed by atoms with E-state index in [4.69, 9.17) is 0 Å². The predicted molar refractivity (Wildman–Crippen MR) is 73.3 cm³/mol. The Kier molecular flexibility index (Phi) is 3.44. The number of alkyl halides is 3. The lowest BCUT2D eigenvalue weighted by atomic mass is 10.1. The van der Waals surface area contributed by atoms with Crippen molar-refractivity contribution in [3.8, 4) is 0 Å². The molecule has 0 spiro atoms. The number of halogens is 3. The minimum atomic E-state index is -4.59. The number of rotatable bonds is 3. The highest BCUT2D eigenvalue weighted by Crippen LogP contribution is 2.32. The fourth-order valence-corrected chi connectivity index (χ4v) is 2.26. The van der Waals surface area contributed by atoms with Gasteiger partial charge in [-0.1, -0.05) is 6.07 Å². The number of nitrogens with one attached hydrogen (secondary N) is 1. The summed E-state index contributed by atoms with van der Waals surface area (Å²) in [6.07, 6.45) is 0.411. The van der Waals surface area contributed by atoms with E-state index in [2.05, 4.69) is 15.2 Å². The van der Waals surface area contributed by atoms with Gasteiger partial charge >= 0.3 is 6.18 Å². The topological polar surface area (TPSA) is 63.6 Å². The quantitative estimate of drug-likeness (QED) is 0.808. The summed E-state index contributed by atoms with van der Waals surface area (Å²) in [7, 11) is 0. The van der Waals surface area contributed by atoms with Crippen molar-refractivity contribution in [2.45, 2.75) is 19.1 Å². The molecule has 0 aliphatic carbocycles. The van der Waals surface area contributed by atoms with E-state index in [1.807, 2.05) is 0 Å². The maximum Gasteiger partial charge on any atom is 0.417 e. The first-order valence-electron chi connectivity index (χ1n) is 6.50. The molecule has 3 rings (SSSR count). The predicted octanol–water partition coefficient (Wildman–Crippen LogP) is 2.38. The first-order valence-corrected chi connectivity index (χ1v) is 6.50. The molecule has 0 atom stereocenters. The van der Waals surface area contributed by atoms with Crippen LogP contribution in [0.3, 0.4) is 0 Å². The van der Waals surface area contributed by atoms with Gasteiger partial charge in [0, 0.05) is 12.7 Å². The molecule has 5 nitrogen and oxygen atoms in total. The van der Waals surface area contributed by atoms with E-state index >= 15 is 0 Å². The Morgan fingerprint density at radius 1 is 1.27 bits per heavy atom. The van der Waals surface area contributed by atoms with Crippen LogP contribution in [-0.2, 0) is 19.1 Å².